The van der Waals surface area contributed by atoms with Crippen molar-refractivity contribution in [2.24, 2.45) is 9.98 Å². The number of alkyl halides is 1. The number of piperidine rings is 1. The van der Waals surface area contributed by atoms with Crippen molar-refractivity contribution in [2.45, 2.75) is 25.4 Å². The Hall–Kier alpha value is -3.66. The van der Waals surface area contributed by atoms with Crippen LogP contribution in [0.1, 0.15) is 19.8 Å². The minimum atomic E-state index is -1.61. The van der Waals surface area contributed by atoms with Gasteiger partial charge in [0.25, 0.3) is 0 Å². The minimum Gasteiger partial charge on any atom is -0.480 e. The Balaban J connectivity index is 1.81. The van der Waals surface area contributed by atoms with Crippen LogP contribution in [0.5, 0.6) is 0 Å². The van der Waals surface area contributed by atoms with Crippen molar-refractivity contribution >= 4 is 30.0 Å². The highest BCUT2D eigenvalue weighted by atomic mass is 19.1. The molecule has 2 heterocycles. The fourth-order valence-electron chi connectivity index (χ4n) is 3.64. The van der Waals surface area contributed by atoms with Crippen LogP contribution in [0.25, 0.3) is 0 Å². The standard InChI is InChI=1S/C24H27F2N5O3/c1-18(31(20-6-4-3-5-7-20)21-9-8-19(25)14-28-21)29-22(15-27-2)30-12-10-24(26,11-13-30)17-34-16-23(32)33/h3-9,14-15H,2,10-13,16-17H2,1H3,(H,32,33)/b22-15+,29-18+. The van der Waals surface area contributed by atoms with Crippen LogP contribution in [-0.4, -0.2) is 65.5 Å². The van der Waals surface area contributed by atoms with Crippen LogP contribution in [0, 0.1) is 5.82 Å². The van der Waals surface area contributed by atoms with Gasteiger partial charge in [-0.3, -0.25) is 9.89 Å². The number of carboxylic acid groups (broad SMARTS) is 1. The Morgan fingerprint density at radius 1 is 1.29 bits per heavy atom. The lowest BCUT2D eigenvalue weighted by molar-refractivity contribution is -0.144. The van der Waals surface area contributed by atoms with Crippen molar-refractivity contribution in [1.82, 2.24) is 9.88 Å². The molecule has 1 saturated heterocycles. The van der Waals surface area contributed by atoms with Crippen LogP contribution < -0.4 is 4.90 Å². The van der Waals surface area contributed by atoms with Gasteiger partial charge in [-0.1, -0.05) is 18.2 Å². The molecule has 0 amide bonds. The van der Waals surface area contributed by atoms with Gasteiger partial charge < -0.3 is 14.7 Å². The third-order valence-corrected chi connectivity index (χ3v) is 5.33. The average molecular weight is 472 g/mol. The number of benzene rings is 1. The number of para-hydroxylation sites is 1. The highest BCUT2D eigenvalue weighted by molar-refractivity contribution is 6.02. The molecule has 2 aromatic rings. The molecule has 1 aliphatic heterocycles. The van der Waals surface area contributed by atoms with E-state index in [1.165, 1.54) is 12.3 Å². The lowest BCUT2D eigenvalue weighted by Crippen LogP contribution is -2.44. The van der Waals surface area contributed by atoms with E-state index in [4.69, 9.17) is 14.8 Å². The number of hydrogen-bond donors (Lipinski definition) is 1. The number of amidine groups is 1. The van der Waals surface area contributed by atoms with Crippen LogP contribution in [0.2, 0.25) is 0 Å². The number of anilines is 2. The number of carbonyl (C=O) groups is 1. The number of aliphatic imine (C=N–C) groups is 2. The van der Waals surface area contributed by atoms with E-state index in [9.17, 15) is 9.18 Å². The highest BCUT2D eigenvalue weighted by Crippen LogP contribution is 2.30. The fraction of sp³-hybridized carbons (Fsp3) is 0.333. The monoisotopic (exact) mass is 471 g/mol. The minimum absolute atomic E-state index is 0.150. The molecule has 0 radical (unpaired) electrons. The van der Waals surface area contributed by atoms with Crippen LogP contribution in [0.3, 0.4) is 0 Å². The molecule has 3 rings (SSSR count). The third kappa shape index (κ3) is 6.67. The second kappa shape index (κ2) is 11.5. The summed E-state index contributed by atoms with van der Waals surface area (Å²) >= 11 is 0. The molecule has 1 fully saturated rings. The predicted molar refractivity (Wildman–Crippen MR) is 127 cm³/mol. The van der Waals surface area contributed by atoms with Crippen LogP contribution in [-0.2, 0) is 9.53 Å². The van der Waals surface area contributed by atoms with Gasteiger partial charge in [0.05, 0.1) is 19.0 Å². The van der Waals surface area contributed by atoms with Crippen LogP contribution in [0.15, 0.2) is 70.7 Å². The fourth-order valence-corrected chi connectivity index (χ4v) is 3.64. The quantitative estimate of drug-likeness (QED) is 0.436. The number of rotatable bonds is 9. The van der Waals surface area contributed by atoms with E-state index in [1.54, 1.807) is 17.9 Å². The van der Waals surface area contributed by atoms with E-state index in [0.29, 0.717) is 30.6 Å². The molecule has 1 N–H and O–H groups in total. The first-order valence-electron chi connectivity index (χ1n) is 10.7. The summed E-state index contributed by atoms with van der Waals surface area (Å²) in [6.45, 7) is 5.18. The number of hydrogen-bond acceptors (Lipinski definition) is 6. The first-order valence-corrected chi connectivity index (χ1v) is 10.7. The summed E-state index contributed by atoms with van der Waals surface area (Å²) in [5.41, 5.74) is -0.823. The molecule has 1 aromatic carbocycles. The summed E-state index contributed by atoms with van der Waals surface area (Å²) < 4.78 is 33.5. The summed E-state index contributed by atoms with van der Waals surface area (Å²) in [6, 6.07) is 12.3. The van der Waals surface area contributed by atoms with Gasteiger partial charge in [-0.15, -0.1) is 0 Å². The smallest absolute Gasteiger partial charge is 0.329 e. The molecule has 0 atom stereocenters. The van der Waals surface area contributed by atoms with E-state index < -0.39 is 24.1 Å². The largest absolute Gasteiger partial charge is 0.480 e. The Morgan fingerprint density at radius 2 is 2.00 bits per heavy atom. The SMILES string of the molecule is C=N/C=C(\N=C(/C)N(c1ccccc1)c1ccc(F)cn1)N1CCC(F)(COCC(=O)O)CC1. The molecule has 0 bridgehead atoms. The molecule has 34 heavy (non-hydrogen) atoms. The summed E-state index contributed by atoms with van der Waals surface area (Å²) in [6.07, 6.45) is 2.94. The van der Waals surface area contributed by atoms with E-state index in [1.807, 2.05) is 35.2 Å². The summed E-state index contributed by atoms with van der Waals surface area (Å²) in [4.78, 5) is 27.1. The van der Waals surface area contributed by atoms with Crippen molar-refractivity contribution in [2.75, 3.05) is 31.2 Å². The summed E-state index contributed by atoms with van der Waals surface area (Å²) in [5, 5.41) is 8.69. The molecule has 8 nitrogen and oxygen atoms in total. The number of carboxylic acids is 1. The van der Waals surface area contributed by atoms with Gasteiger partial charge in [0.1, 0.15) is 35.6 Å². The Bertz CT molecular complexity index is 1040. The van der Waals surface area contributed by atoms with E-state index in [-0.39, 0.29) is 19.4 Å². The third-order valence-electron chi connectivity index (χ3n) is 5.33. The van der Waals surface area contributed by atoms with E-state index in [2.05, 4.69) is 16.7 Å². The zero-order valence-corrected chi connectivity index (χ0v) is 18.9. The normalized spacial score (nSPS) is 16.3. The Kier molecular flexibility index (Phi) is 8.42. The number of ether oxygens (including phenoxy) is 1. The lowest BCUT2D eigenvalue weighted by atomic mass is 9.94. The molecule has 180 valence electrons. The van der Waals surface area contributed by atoms with Gasteiger partial charge in [0.15, 0.2) is 0 Å². The maximum absolute atomic E-state index is 15.0. The number of nitrogens with zero attached hydrogens (tertiary/aromatic N) is 5. The van der Waals surface area contributed by atoms with Gasteiger partial charge in [0, 0.05) is 31.6 Å². The van der Waals surface area contributed by atoms with Gasteiger partial charge in [-0.05, 0) is 37.9 Å². The van der Waals surface area contributed by atoms with Crippen molar-refractivity contribution in [3.05, 3.63) is 66.5 Å². The lowest BCUT2D eigenvalue weighted by Gasteiger charge is -2.37. The van der Waals surface area contributed by atoms with E-state index in [0.717, 1.165) is 11.9 Å². The highest BCUT2D eigenvalue weighted by Gasteiger charge is 2.35. The number of pyridine rings is 1. The predicted octanol–water partition coefficient (Wildman–Crippen LogP) is 4.18. The molecule has 0 saturated carbocycles. The van der Waals surface area contributed by atoms with Gasteiger partial charge in [0.2, 0.25) is 0 Å². The maximum atomic E-state index is 15.0. The van der Waals surface area contributed by atoms with Crippen LogP contribution >= 0.6 is 0 Å². The average Bonchev–Trinajstić information content (AvgIpc) is 2.81. The second-order valence-electron chi connectivity index (χ2n) is 7.86. The molecule has 1 aliphatic rings. The molecule has 0 aliphatic carbocycles. The van der Waals surface area contributed by atoms with Gasteiger partial charge >= 0.3 is 5.97 Å². The zero-order valence-electron chi connectivity index (χ0n) is 18.9. The number of aromatic nitrogens is 1. The zero-order chi connectivity index (χ0) is 24.6. The van der Waals surface area contributed by atoms with Crippen molar-refractivity contribution in [3.63, 3.8) is 0 Å². The number of aliphatic carboxylic acids is 1. The molecule has 0 spiro atoms. The molecular formula is C24H27F2N5O3. The Labute approximate surface area is 196 Å². The topological polar surface area (TPSA) is 90.6 Å². The first-order chi connectivity index (χ1) is 16.3. The van der Waals surface area contributed by atoms with E-state index >= 15 is 4.39 Å². The van der Waals surface area contributed by atoms with Crippen molar-refractivity contribution in [3.8, 4) is 0 Å². The molecular weight excluding hydrogens is 444 g/mol. The molecule has 1 aromatic heterocycles. The Morgan fingerprint density at radius 3 is 2.59 bits per heavy atom. The maximum Gasteiger partial charge on any atom is 0.329 e. The molecule has 10 heteroatoms. The number of halogens is 2. The van der Waals surface area contributed by atoms with Crippen LogP contribution in [0.4, 0.5) is 20.3 Å². The van der Waals surface area contributed by atoms with Gasteiger partial charge in [-0.25, -0.2) is 23.6 Å². The first kappa shape index (κ1) is 25.0. The number of likely N-dealkylation sites (tertiary alicyclic amines) is 1. The molecule has 0 unspecified atom stereocenters. The summed E-state index contributed by atoms with van der Waals surface area (Å²) in [5.74, 6) is -0.0622. The second-order valence-corrected chi connectivity index (χ2v) is 7.86. The summed E-state index contributed by atoms with van der Waals surface area (Å²) in [7, 11) is 0. The van der Waals surface area contributed by atoms with Crippen molar-refractivity contribution in [1.29, 1.82) is 0 Å². The van der Waals surface area contributed by atoms with Crippen molar-refractivity contribution < 1.29 is 23.4 Å². The van der Waals surface area contributed by atoms with Gasteiger partial charge in [-0.2, -0.15) is 0 Å².